The van der Waals surface area contributed by atoms with E-state index in [1.807, 2.05) is 11.3 Å². The number of fused-ring (bicyclic) bond motifs is 1. The smallest absolute Gasteiger partial charge is 0.251 e. The zero-order valence-electron chi connectivity index (χ0n) is 17.0. The lowest BCUT2D eigenvalue weighted by Crippen LogP contribution is -2.40. The molecular formula is C23H29FN2OS3. The molecule has 1 aliphatic rings. The third kappa shape index (κ3) is 5.71. The Bertz CT molecular complexity index is 966. The number of halogens is 1. The first-order valence-electron chi connectivity index (χ1n) is 9.97. The first-order valence-corrected chi connectivity index (χ1v) is 10.8. The average Bonchev–Trinajstić information content (AvgIpc) is 3.14. The lowest BCUT2D eigenvalue weighted by molar-refractivity contribution is 0.0926. The van der Waals surface area contributed by atoms with Crippen LogP contribution in [0.15, 0.2) is 48.5 Å². The van der Waals surface area contributed by atoms with Crippen molar-refractivity contribution in [2.24, 2.45) is 0 Å². The molecule has 162 valence electrons. The monoisotopic (exact) mass is 464 g/mol. The Morgan fingerprint density at radius 3 is 2.37 bits per heavy atom. The maximum absolute atomic E-state index is 13.0. The largest absolute Gasteiger partial charge is 0.382 e. The van der Waals surface area contributed by atoms with Gasteiger partial charge >= 0.3 is 0 Å². The quantitative estimate of drug-likeness (QED) is 0.488. The zero-order valence-corrected chi connectivity index (χ0v) is 19.8. The fourth-order valence-corrected chi connectivity index (χ4v) is 4.91. The normalized spacial score (nSPS) is 18.2. The van der Waals surface area contributed by atoms with Crippen LogP contribution in [0.5, 0.6) is 0 Å². The van der Waals surface area contributed by atoms with E-state index < -0.39 is 0 Å². The molecule has 2 aromatic carbocycles. The summed E-state index contributed by atoms with van der Waals surface area (Å²) in [6.45, 7) is 2.19. The number of benzene rings is 2. The second kappa shape index (κ2) is 11.1. The topological polar surface area (TPSA) is 41.1 Å². The van der Waals surface area contributed by atoms with E-state index in [-0.39, 0.29) is 44.8 Å². The highest BCUT2D eigenvalue weighted by atomic mass is 32.1. The molecule has 1 saturated carbocycles. The van der Waals surface area contributed by atoms with E-state index >= 15 is 0 Å². The molecule has 0 spiro atoms. The summed E-state index contributed by atoms with van der Waals surface area (Å²) in [5.41, 5.74) is 1.73. The van der Waals surface area contributed by atoms with Gasteiger partial charge < -0.3 is 10.6 Å². The highest BCUT2D eigenvalue weighted by Crippen LogP contribution is 2.33. The summed E-state index contributed by atoms with van der Waals surface area (Å²) in [6.07, 6.45) is 5.01. The van der Waals surface area contributed by atoms with E-state index in [0.717, 1.165) is 32.1 Å². The Morgan fingerprint density at radius 1 is 1.03 bits per heavy atom. The van der Waals surface area contributed by atoms with Crippen LogP contribution in [0.3, 0.4) is 0 Å². The molecule has 0 unspecified atom stereocenters. The fourth-order valence-electron chi connectivity index (χ4n) is 3.89. The minimum absolute atomic E-state index is 0. The Labute approximate surface area is 195 Å². The molecule has 0 bridgehead atoms. The van der Waals surface area contributed by atoms with Crippen LogP contribution in [-0.2, 0) is 6.42 Å². The number of aryl methyl sites for hydroxylation is 1. The highest BCUT2D eigenvalue weighted by molar-refractivity contribution is 7.59. The van der Waals surface area contributed by atoms with E-state index in [0.29, 0.717) is 11.6 Å². The molecule has 1 fully saturated rings. The molecule has 1 aromatic heterocycles. The van der Waals surface area contributed by atoms with Crippen molar-refractivity contribution in [3.8, 4) is 0 Å². The third-order valence-electron chi connectivity index (χ3n) is 5.49. The first-order chi connectivity index (χ1) is 13.6. The van der Waals surface area contributed by atoms with Gasteiger partial charge in [0.1, 0.15) is 5.82 Å². The van der Waals surface area contributed by atoms with Crippen molar-refractivity contribution in [2.75, 3.05) is 5.32 Å². The molecule has 3 nitrogen and oxygen atoms in total. The maximum atomic E-state index is 13.0. The lowest BCUT2D eigenvalue weighted by atomic mass is 9.90. The van der Waals surface area contributed by atoms with Crippen LogP contribution in [0, 0.1) is 5.82 Å². The zero-order chi connectivity index (χ0) is 19.5. The third-order valence-corrected chi connectivity index (χ3v) is 6.73. The van der Waals surface area contributed by atoms with E-state index in [1.54, 1.807) is 0 Å². The van der Waals surface area contributed by atoms with Gasteiger partial charge in [-0.25, -0.2) is 4.39 Å². The van der Waals surface area contributed by atoms with Gasteiger partial charge in [-0.05, 0) is 74.6 Å². The number of rotatable bonds is 5. The summed E-state index contributed by atoms with van der Waals surface area (Å²) >= 11 is 1.87. The molecule has 0 atom stereocenters. The molecular weight excluding hydrogens is 435 g/mol. The van der Waals surface area contributed by atoms with Crippen LogP contribution < -0.4 is 10.6 Å². The van der Waals surface area contributed by atoms with Crippen molar-refractivity contribution in [1.82, 2.24) is 5.32 Å². The Hall–Kier alpha value is -1.70. The molecule has 4 rings (SSSR count). The summed E-state index contributed by atoms with van der Waals surface area (Å²) in [7, 11) is 0. The summed E-state index contributed by atoms with van der Waals surface area (Å²) in [5.74, 6) is -0.443. The lowest BCUT2D eigenvalue weighted by Gasteiger charge is -2.30. The van der Waals surface area contributed by atoms with Crippen molar-refractivity contribution >= 4 is 60.0 Å². The Balaban J connectivity index is 0.00000160. The molecule has 3 aromatic rings. The molecule has 0 saturated heterocycles. The van der Waals surface area contributed by atoms with Gasteiger partial charge in [-0.2, -0.15) is 27.0 Å². The molecule has 7 heteroatoms. The number of carbonyl (C=O) groups is 1. The first kappa shape index (κ1) is 24.6. The van der Waals surface area contributed by atoms with Gasteiger partial charge in [-0.1, -0.05) is 13.0 Å². The van der Waals surface area contributed by atoms with Crippen LogP contribution in [0.1, 0.15) is 47.8 Å². The number of carbonyl (C=O) groups excluding carboxylic acids is 1. The fraction of sp³-hybridized carbons (Fsp3) is 0.348. The standard InChI is InChI=1S/C23H25FN2OS.2H2S/c1-2-19-14-20-21(4-3-5-22(20)28-19)25-17-10-12-18(13-11-17)26-23(27)15-6-8-16(24)9-7-15;;/h3-9,14,17-18,25H,2,10-13H2,1H3,(H,26,27);2*1H2. The predicted octanol–water partition coefficient (Wildman–Crippen LogP) is 5.98. The van der Waals surface area contributed by atoms with Gasteiger partial charge in [0.05, 0.1) is 0 Å². The van der Waals surface area contributed by atoms with Crippen LogP contribution in [0.4, 0.5) is 10.1 Å². The van der Waals surface area contributed by atoms with Crippen LogP contribution in [0.2, 0.25) is 0 Å². The van der Waals surface area contributed by atoms with E-state index in [9.17, 15) is 9.18 Å². The molecule has 2 N–H and O–H groups in total. The van der Waals surface area contributed by atoms with Crippen molar-refractivity contribution in [3.05, 3.63) is 64.8 Å². The summed E-state index contributed by atoms with van der Waals surface area (Å²) in [5, 5.41) is 8.13. The van der Waals surface area contributed by atoms with Gasteiger partial charge in [0.2, 0.25) is 0 Å². The number of amides is 1. The van der Waals surface area contributed by atoms with Crippen molar-refractivity contribution in [2.45, 2.75) is 51.1 Å². The number of nitrogens with one attached hydrogen (secondary N) is 2. The predicted molar refractivity (Wildman–Crippen MR) is 135 cm³/mol. The second-order valence-corrected chi connectivity index (χ2v) is 8.63. The van der Waals surface area contributed by atoms with E-state index in [2.05, 4.69) is 41.8 Å². The summed E-state index contributed by atoms with van der Waals surface area (Å²) in [4.78, 5) is 13.7. The number of hydrogen-bond donors (Lipinski definition) is 2. The van der Waals surface area contributed by atoms with Gasteiger partial charge in [-0.15, -0.1) is 11.3 Å². The number of anilines is 1. The molecule has 1 aliphatic carbocycles. The van der Waals surface area contributed by atoms with Crippen LogP contribution >= 0.6 is 38.3 Å². The second-order valence-electron chi connectivity index (χ2n) is 7.46. The minimum atomic E-state index is -0.324. The van der Waals surface area contributed by atoms with Crippen molar-refractivity contribution in [1.29, 1.82) is 0 Å². The molecule has 30 heavy (non-hydrogen) atoms. The van der Waals surface area contributed by atoms with E-state index in [4.69, 9.17) is 0 Å². The highest BCUT2D eigenvalue weighted by Gasteiger charge is 2.23. The number of hydrogen-bond acceptors (Lipinski definition) is 3. The van der Waals surface area contributed by atoms with Crippen LogP contribution in [0.25, 0.3) is 10.1 Å². The molecule has 1 heterocycles. The van der Waals surface area contributed by atoms with Gasteiger partial charge in [0, 0.05) is 38.3 Å². The maximum Gasteiger partial charge on any atom is 0.251 e. The molecule has 0 radical (unpaired) electrons. The molecule has 1 amide bonds. The van der Waals surface area contributed by atoms with Gasteiger partial charge in [0.25, 0.3) is 5.91 Å². The van der Waals surface area contributed by atoms with Gasteiger partial charge in [-0.3, -0.25) is 4.79 Å². The Morgan fingerprint density at radius 2 is 1.70 bits per heavy atom. The SMILES string of the molecule is CCc1cc2c(NC3CCC(NC(=O)c4ccc(F)cc4)CC3)cccc2s1.S.S. The Kier molecular flexibility index (Phi) is 9.07. The molecule has 0 aliphatic heterocycles. The van der Waals surface area contributed by atoms with Gasteiger partial charge in [0.15, 0.2) is 0 Å². The summed E-state index contributed by atoms with van der Waals surface area (Å²) in [6, 6.07) is 15.1. The average molecular weight is 465 g/mol. The van der Waals surface area contributed by atoms with Crippen molar-refractivity contribution in [3.63, 3.8) is 0 Å². The van der Waals surface area contributed by atoms with Crippen molar-refractivity contribution < 1.29 is 9.18 Å². The minimum Gasteiger partial charge on any atom is -0.382 e. The van der Waals surface area contributed by atoms with E-state index in [1.165, 1.54) is 44.9 Å². The summed E-state index contributed by atoms with van der Waals surface area (Å²) < 4.78 is 14.3. The van der Waals surface area contributed by atoms with Crippen LogP contribution in [-0.4, -0.2) is 18.0 Å². The number of thiophene rings is 1.